The Kier molecular flexibility index (Phi) is 7.11. The van der Waals surface area contributed by atoms with Crippen LogP contribution in [-0.4, -0.2) is 60.9 Å². The fourth-order valence-electron chi connectivity index (χ4n) is 2.41. The minimum Gasteiger partial charge on any atom is -0.487 e. The second-order valence-electron chi connectivity index (χ2n) is 5.71. The first-order chi connectivity index (χ1) is 12.0. The first-order valence-electron chi connectivity index (χ1n) is 8.02. The van der Waals surface area contributed by atoms with Gasteiger partial charge in [0.1, 0.15) is 0 Å². The van der Waals surface area contributed by atoms with Gasteiger partial charge in [0.15, 0.2) is 12.0 Å². The molecule has 138 valence electrons. The zero-order valence-corrected chi connectivity index (χ0v) is 14.1. The summed E-state index contributed by atoms with van der Waals surface area (Å²) in [5.41, 5.74) is 0.459. The van der Waals surface area contributed by atoms with Gasteiger partial charge in [-0.3, -0.25) is 14.9 Å². The number of carbonyl (C=O) groups is 1. The molecule has 9 nitrogen and oxygen atoms in total. The fourth-order valence-corrected chi connectivity index (χ4v) is 2.41. The zero-order chi connectivity index (χ0) is 18.2. The molecular formula is C16H22N2O7. The average Bonchev–Trinajstić information content (AvgIpc) is 3.11. The van der Waals surface area contributed by atoms with Crippen molar-refractivity contribution in [1.29, 1.82) is 0 Å². The lowest BCUT2D eigenvalue weighted by molar-refractivity contribution is -0.386. The quantitative estimate of drug-likeness (QED) is 0.385. The van der Waals surface area contributed by atoms with Crippen LogP contribution >= 0.6 is 0 Å². The molecule has 0 aromatic heterocycles. The van der Waals surface area contributed by atoms with Gasteiger partial charge >= 0.3 is 11.7 Å². The van der Waals surface area contributed by atoms with Crippen LogP contribution < -0.4 is 4.74 Å². The van der Waals surface area contributed by atoms with Crippen LogP contribution in [0.2, 0.25) is 0 Å². The summed E-state index contributed by atoms with van der Waals surface area (Å²) in [5, 5.41) is 19.9. The zero-order valence-electron chi connectivity index (χ0n) is 14.1. The molecule has 1 saturated heterocycles. The van der Waals surface area contributed by atoms with Gasteiger partial charge in [0.05, 0.1) is 31.2 Å². The van der Waals surface area contributed by atoms with Crippen LogP contribution in [0.4, 0.5) is 5.69 Å². The molecule has 1 aliphatic heterocycles. The Balaban J connectivity index is 1.86. The maximum atomic E-state index is 11.3. The van der Waals surface area contributed by atoms with Gasteiger partial charge in [-0.1, -0.05) is 0 Å². The molecule has 25 heavy (non-hydrogen) atoms. The standard InChI is InChI=1S/C16H22N2O7/c1-17(7-5-15(19)20)6-2-8-23-14-4-3-12(11-13(14)18(21)22)16-24-9-10-25-16/h3-4,11,16H,2,5-10H2,1H3,(H,19,20). The van der Waals surface area contributed by atoms with Crippen molar-refractivity contribution in [3.8, 4) is 5.75 Å². The number of nitro groups is 1. The topological polar surface area (TPSA) is 111 Å². The molecule has 1 aromatic rings. The van der Waals surface area contributed by atoms with E-state index in [1.807, 2.05) is 11.9 Å². The van der Waals surface area contributed by atoms with E-state index in [1.54, 1.807) is 12.1 Å². The lowest BCUT2D eigenvalue weighted by Gasteiger charge is -2.15. The Morgan fingerprint density at radius 3 is 2.76 bits per heavy atom. The van der Waals surface area contributed by atoms with Crippen molar-refractivity contribution in [2.45, 2.75) is 19.1 Å². The highest BCUT2D eigenvalue weighted by Gasteiger charge is 2.23. The normalized spacial score (nSPS) is 14.8. The summed E-state index contributed by atoms with van der Waals surface area (Å²) in [6.45, 7) is 2.32. The molecule has 0 saturated carbocycles. The summed E-state index contributed by atoms with van der Waals surface area (Å²) in [4.78, 5) is 23.2. The number of ether oxygens (including phenoxy) is 3. The smallest absolute Gasteiger partial charge is 0.311 e. The molecule has 1 aliphatic rings. The van der Waals surface area contributed by atoms with E-state index in [4.69, 9.17) is 19.3 Å². The van der Waals surface area contributed by atoms with Crippen LogP contribution in [0.25, 0.3) is 0 Å². The molecule has 1 N–H and O–H groups in total. The van der Waals surface area contributed by atoms with E-state index < -0.39 is 17.2 Å². The Morgan fingerprint density at radius 2 is 2.12 bits per heavy atom. The highest BCUT2D eigenvalue weighted by atomic mass is 16.7. The van der Waals surface area contributed by atoms with Gasteiger partial charge in [0.2, 0.25) is 0 Å². The van der Waals surface area contributed by atoms with Crippen LogP contribution in [0.3, 0.4) is 0 Å². The molecule has 2 rings (SSSR count). The SMILES string of the molecule is CN(CCCOc1ccc(C2OCCO2)cc1[N+](=O)[O-])CCC(=O)O. The van der Waals surface area contributed by atoms with Crippen LogP contribution in [0, 0.1) is 10.1 Å². The third-order valence-corrected chi connectivity index (χ3v) is 3.72. The third kappa shape index (κ3) is 5.96. The van der Waals surface area contributed by atoms with E-state index in [0.717, 1.165) is 0 Å². The molecule has 0 bridgehead atoms. The Hall–Kier alpha value is -2.23. The van der Waals surface area contributed by atoms with Crippen LogP contribution in [0.5, 0.6) is 5.75 Å². The van der Waals surface area contributed by atoms with E-state index in [9.17, 15) is 14.9 Å². The summed E-state index contributed by atoms with van der Waals surface area (Å²) >= 11 is 0. The molecule has 1 heterocycles. The molecule has 9 heteroatoms. The maximum absolute atomic E-state index is 11.3. The Bertz CT molecular complexity index is 602. The van der Waals surface area contributed by atoms with Crippen LogP contribution in [0.1, 0.15) is 24.7 Å². The van der Waals surface area contributed by atoms with Gasteiger partial charge < -0.3 is 24.2 Å². The second kappa shape index (κ2) is 9.30. The minimum absolute atomic E-state index is 0.0790. The van der Waals surface area contributed by atoms with Crippen molar-refractivity contribution in [3.05, 3.63) is 33.9 Å². The number of rotatable bonds is 10. The minimum atomic E-state index is -0.839. The summed E-state index contributed by atoms with van der Waals surface area (Å²) in [6, 6.07) is 4.65. The van der Waals surface area contributed by atoms with E-state index in [-0.39, 0.29) is 17.9 Å². The number of aliphatic carboxylic acids is 1. The predicted octanol–water partition coefficient (Wildman–Crippen LogP) is 1.82. The lowest BCUT2D eigenvalue weighted by Crippen LogP contribution is -2.24. The van der Waals surface area contributed by atoms with E-state index in [1.165, 1.54) is 6.07 Å². The molecule has 1 aromatic carbocycles. The first-order valence-corrected chi connectivity index (χ1v) is 8.02. The molecule has 0 atom stereocenters. The van der Waals surface area contributed by atoms with Crippen LogP contribution in [0.15, 0.2) is 18.2 Å². The highest BCUT2D eigenvalue weighted by molar-refractivity contribution is 5.66. The Labute approximate surface area is 145 Å². The number of benzene rings is 1. The fraction of sp³-hybridized carbons (Fsp3) is 0.562. The Morgan fingerprint density at radius 1 is 1.40 bits per heavy atom. The number of hydrogen-bond acceptors (Lipinski definition) is 7. The predicted molar refractivity (Wildman–Crippen MR) is 87.6 cm³/mol. The number of nitro benzene ring substituents is 1. The van der Waals surface area contributed by atoms with Gasteiger partial charge in [0, 0.05) is 24.7 Å². The van der Waals surface area contributed by atoms with Crippen molar-refractivity contribution >= 4 is 11.7 Å². The second-order valence-corrected chi connectivity index (χ2v) is 5.71. The van der Waals surface area contributed by atoms with E-state index in [0.29, 0.717) is 44.9 Å². The van der Waals surface area contributed by atoms with Gasteiger partial charge in [0.25, 0.3) is 0 Å². The number of nitrogens with zero attached hydrogens (tertiary/aromatic N) is 2. The summed E-state index contributed by atoms with van der Waals surface area (Å²) < 4.78 is 16.2. The van der Waals surface area contributed by atoms with Crippen molar-refractivity contribution in [2.24, 2.45) is 0 Å². The summed E-state index contributed by atoms with van der Waals surface area (Å²) in [7, 11) is 1.82. The summed E-state index contributed by atoms with van der Waals surface area (Å²) in [5.74, 6) is -0.644. The van der Waals surface area contributed by atoms with Gasteiger partial charge in [-0.25, -0.2) is 0 Å². The molecule has 0 spiro atoms. The van der Waals surface area contributed by atoms with Crippen LogP contribution in [-0.2, 0) is 14.3 Å². The monoisotopic (exact) mass is 354 g/mol. The van der Waals surface area contributed by atoms with Crippen molar-refractivity contribution < 1.29 is 29.0 Å². The molecule has 0 aliphatic carbocycles. The number of hydrogen-bond donors (Lipinski definition) is 1. The molecule has 0 amide bonds. The lowest BCUT2D eigenvalue weighted by atomic mass is 10.2. The molecular weight excluding hydrogens is 332 g/mol. The third-order valence-electron chi connectivity index (χ3n) is 3.72. The highest BCUT2D eigenvalue weighted by Crippen LogP contribution is 2.33. The first kappa shape index (κ1) is 19.1. The maximum Gasteiger partial charge on any atom is 0.311 e. The van der Waals surface area contributed by atoms with Gasteiger partial charge in [-0.15, -0.1) is 0 Å². The van der Waals surface area contributed by atoms with E-state index >= 15 is 0 Å². The van der Waals surface area contributed by atoms with Crippen molar-refractivity contribution in [2.75, 3.05) is 40.0 Å². The largest absolute Gasteiger partial charge is 0.487 e. The average molecular weight is 354 g/mol. The van der Waals surface area contributed by atoms with Gasteiger partial charge in [-0.2, -0.15) is 0 Å². The molecule has 0 unspecified atom stereocenters. The molecule has 1 fully saturated rings. The number of carboxylic acids is 1. The summed E-state index contributed by atoms with van der Waals surface area (Å²) in [6.07, 6.45) is 0.134. The van der Waals surface area contributed by atoms with Crippen molar-refractivity contribution in [3.63, 3.8) is 0 Å². The van der Waals surface area contributed by atoms with Gasteiger partial charge in [-0.05, 0) is 25.6 Å². The van der Waals surface area contributed by atoms with E-state index in [2.05, 4.69) is 0 Å². The number of carboxylic acid groups (broad SMARTS) is 1. The molecule has 0 radical (unpaired) electrons. The van der Waals surface area contributed by atoms with Crippen molar-refractivity contribution in [1.82, 2.24) is 4.90 Å².